The van der Waals surface area contributed by atoms with Gasteiger partial charge in [-0.05, 0) is 68.5 Å². The standard InChI is InChI=1S/C23H25FN4O/c1-14-5-4-10-28(13-14)23(29)19-12-25-22-18(8-6-16(3)26-22)21(19)27-17-7-9-20(24)15(2)11-17/h6-9,11-12,14H,4-5,10,13H2,1-3H3,(H,25,26,27)/t14-/m1/s1. The maximum absolute atomic E-state index is 13.7. The Morgan fingerprint density at radius 3 is 2.83 bits per heavy atom. The van der Waals surface area contributed by atoms with Gasteiger partial charge in [0.15, 0.2) is 5.65 Å². The van der Waals surface area contributed by atoms with Gasteiger partial charge in [0.2, 0.25) is 0 Å². The maximum Gasteiger partial charge on any atom is 0.257 e. The molecule has 0 saturated carbocycles. The molecule has 1 aliphatic rings. The van der Waals surface area contributed by atoms with E-state index in [0.717, 1.165) is 42.7 Å². The number of carbonyl (C=O) groups is 1. The van der Waals surface area contributed by atoms with Gasteiger partial charge in [-0.15, -0.1) is 0 Å². The van der Waals surface area contributed by atoms with E-state index in [1.165, 1.54) is 6.07 Å². The van der Waals surface area contributed by atoms with Gasteiger partial charge in [0.25, 0.3) is 5.91 Å². The van der Waals surface area contributed by atoms with Crippen molar-refractivity contribution in [2.24, 2.45) is 5.92 Å². The van der Waals surface area contributed by atoms with Gasteiger partial charge < -0.3 is 10.2 Å². The summed E-state index contributed by atoms with van der Waals surface area (Å²) in [5.41, 5.74) is 3.88. The number of aromatic nitrogens is 2. The van der Waals surface area contributed by atoms with Crippen molar-refractivity contribution in [3.63, 3.8) is 0 Å². The lowest BCUT2D eigenvalue weighted by atomic mass is 9.99. The van der Waals surface area contributed by atoms with Crippen LogP contribution in [0.5, 0.6) is 0 Å². The molecule has 1 aromatic carbocycles. The van der Waals surface area contributed by atoms with Crippen LogP contribution in [0.3, 0.4) is 0 Å². The van der Waals surface area contributed by atoms with Crippen LogP contribution in [-0.2, 0) is 0 Å². The summed E-state index contributed by atoms with van der Waals surface area (Å²) in [6, 6.07) is 8.67. The first-order chi connectivity index (χ1) is 13.9. The quantitative estimate of drug-likeness (QED) is 0.681. The number of amides is 1. The van der Waals surface area contributed by atoms with Gasteiger partial charge >= 0.3 is 0 Å². The Morgan fingerprint density at radius 1 is 1.24 bits per heavy atom. The van der Waals surface area contributed by atoms with Gasteiger partial charge in [0.05, 0.1) is 11.3 Å². The summed E-state index contributed by atoms with van der Waals surface area (Å²) >= 11 is 0. The summed E-state index contributed by atoms with van der Waals surface area (Å²) in [6.07, 6.45) is 3.76. The Balaban J connectivity index is 1.80. The first-order valence-corrected chi connectivity index (χ1v) is 10.0. The van der Waals surface area contributed by atoms with Crippen molar-refractivity contribution in [2.75, 3.05) is 18.4 Å². The van der Waals surface area contributed by atoms with Crippen molar-refractivity contribution in [3.8, 4) is 0 Å². The van der Waals surface area contributed by atoms with E-state index in [1.54, 1.807) is 25.3 Å². The second-order valence-electron chi connectivity index (χ2n) is 7.96. The van der Waals surface area contributed by atoms with Crippen LogP contribution in [0.2, 0.25) is 0 Å². The van der Waals surface area contributed by atoms with Gasteiger partial charge in [-0.1, -0.05) is 6.92 Å². The van der Waals surface area contributed by atoms with Crippen molar-refractivity contribution in [1.82, 2.24) is 14.9 Å². The molecule has 1 aliphatic heterocycles. The first kappa shape index (κ1) is 19.3. The molecular formula is C23H25FN4O. The number of halogens is 1. The predicted molar refractivity (Wildman–Crippen MR) is 113 cm³/mol. The van der Waals surface area contributed by atoms with Gasteiger partial charge in [-0.25, -0.2) is 14.4 Å². The van der Waals surface area contributed by atoms with E-state index < -0.39 is 0 Å². The minimum Gasteiger partial charge on any atom is -0.354 e. The van der Waals surface area contributed by atoms with Crippen molar-refractivity contribution < 1.29 is 9.18 Å². The van der Waals surface area contributed by atoms with Crippen LogP contribution in [0.1, 0.15) is 41.4 Å². The maximum atomic E-state index is 13.7. The van der Waals surface area contributed by atoms with E-state index in [0.29, 0.717) is 28.4 Å². The molecule has 1 amide bonds. The summed E-state index contributed by atoms with van der Waals surface area (Å²) in [4.78, 5) is 24.2. The highest BCUT2D eigenvalue weighted by Gasteiger charge is 2.25. The Kier molecular flexibility index (Phi) is 5.18. The van der Waals surface area contributed by atoms with Crippen molar-refractivity contribution in [3.05, 3.63) is 59.2 Å². The molecule has 0 unspecified atom stereocenters. The third-order valence-corrected chi connectivity index (χ3v) is 5.47. The molecule has 6 heteroatoms. The summed E-state index contributed by atoms with van der Waals surface area (Å²) in [6.45, 7) is 7.30. The average Bonchev–Trinajstić information content (AvgIpc) is 2.70. The summed E-state index contributed by atoms with van der Waals surface area (Å²) in [5.74, 6) is 0.195. The average molecular weight is 392 g/mol. The van der Waals surface area contributed by atoms with E-state index >= 15 is 0 Å². The largest absolute Gasteiger partial charge is 0.354 e. The number of piperidine rings is 1. The molecule has 3 heterocycles. The molecule has 29 heavy (non-hydrogen) atoms. The normalized spacial score (nSPS) is 16.8. The van der Waals surface area contributed by atoms with Gasteiger partial charge in [0, 0.05) is 36.1 Å². The van der Waals surface area contributed by atoms with E-state index in [9.17, 15) is 9.18 Å². The molecule has 2 aromatic heterocycles. The lowest BCUT2D eigenvalue weighted by Crippen LogP contribution is -2.39. The van der Waals surface area contributed by atoms with Crippen LogP contribution in [0.4, 0.5) is 15.8 Å². The lowest BCUT2D eigenvalue weighted by molar-refractivity contribution is 0.0684. The number of fused-ring (bicyclic) bond motifs is 1. The molecule has 1 fully saturated rings. The van der Waals surface area contributed by atoms with Crippen LogP contribution >= 0.6 is 0 Å². The van der Waals surface area contributed by atoms with Crippen LogP contribution in [0.15, 0.2) is 36.5 Å². The molecule has 150 valence electrons. The fourth-order valence-electron chi connectivity index (χ4n) is 3.88. The highest BCUT2D eigenvalue weighted by atomic mass is 19.1. The Morgan fingerprint density at radius 2 is 2.07 bits per heavy atom. The van der Waals surface area contributed by atoms with Crippen LogP contribution in [0, 0.1) is 25.6 Å². The monoisotopic (exact) mass is 392 g/mol. The van der Waals surface area contributed by atoms with Crippen molar-refractivity contribution in [1.29, 1.82) is 0 Å². The predicted octanol–water partition coefficient (Wildman–Crippen LogP) is 5.00. The molecule has 1 atom stereocenters. The molecule has 0 radical (unpaired) electrons. The van der Waals surface area contributed by atoms with Gasteiger partial charge in [0.1, 0.15) is 5.82 Å². The number of likely N-dealkylation sites (tertiary alicyclic amines) is 1. The van der Waals surface area contributed by atoms with Crippen LogP contribution < -0.4 is 5.32 Å². The van der Waals surface area contributed by atoms with E-state index in [2.05, 4.69) is 22.2 Å². The highest BCUT2D eigenvalue weighted by Crippen LogP contribution is 2.31. The number of carbonyl (C=O) groups excluding carboxylic acids is 1. The van der Waals surface area contributed by atoms with Crippen LogP contribution in [-0.4, -0.2) is 33.9 Å². The number of aryl methyl sites for hydroxylation is 2. The fourth-order valence-corrected chi connectivity index (χ4v) is 3.88. The number of benzene rings is 1. The number of hydrogen-bond donors (Lipinski definition) is 1. The molecule has 3 aromatic rings. The summed E-state index contributed by atoms with van der Waals surface area (Å²) in [5, 5.41) is 4.11. The molecule has 0 aliphatic carbocycles. The Labute approximate surface area is 170 Å². The zero-order valence-corrected chi connectivity index (χ0v) is 17.0. The molecule has 1 N–H and O–H groups in total. The molecule has 4 rings (SSSR count). The SMILES string of the molecule is Cc1ccc2c(Nc3ccc(F)c(C)c3)c(C(=O)N3CCC[C@@H](C)C3)cnc2n1. The lowest BCUT2D eigenvalue weighted by Gasteiger charge is -2.31. The summed E-state index contributed by atoms with van der Waals surface area (Å²) in [7, 11) is 0. The second-order valence-corrected chi connectivity index (χ2v) is 7.96. The molecule has 5 nitrogen and oxygen atoms in total. The zero-order valence-electron chi connectivity index (χ0n) is 17.0. The zero-order chi connectivity index (χ0) is 20.5. The van der Waals surface area contributed by atoms with Gasteiger partial charge in [-0.3, -0.25) is 4.79 Å². The third-order valence-electron chi connectivity index (χ3n) is 5.47. The number of pyridine rings is 2. The second kappa shape index (κ2) is 7.78. The summed E-state index contributed by atoms with van der Waals surface area (Å²) < 4.78 is 13.7. The van der Waals surface area contributed by atoms with E-state index in [1.807, 2.05) is 24.0 Å². The molecule has 0 bridgehead atoms. The topological polar surface area (TPSA) is 58.1 Å². The van der Waals surface area contributed by atoms with Gasteiger partial charge in [-0.2, -0.15) is 0 Å². The highest BCUT2D eigenvalue weighted by molar-refractivity contribution is 6.07. The number of rotatable bonds is 3. The smallest absolute Gasteiger partial charge is 0.257 e. The van der Waals surface area contributed by atoms with Crippen molar-refractivity contribution >= 4 is 28.3 Å². The first-order valence-electron chi connectivity index (χ1n) is 10.0. The number of hydrogen-bond acceptors (Lipinski definition) is 4. The van der Waals surface area contributed by atoms with Crippen LogP contribution in [0.25, 0.3) is 11.0 Å². The number of anilines is 2. The Bertz CT molecular complexity index is 1080. The Hall–Kier alpha value is -3.02. The number of nitrogens with zero attached hydrogens (tertiary/aromatic N) is 3. The third kappa shape index (κ3) is 3.92. The number of nitrogens with one attached hydrogen (secondary N) is 1. The minimum absolute atomic E-state index is 0.0344. The molecule has 1 saturated heterocycles. The molecule has 0 spiro atoms. The van der Waals surface area contributed by atoms with E-state index in [-0.39, 0.29) is 11.7 Å². The van der Waals surface area contributed by atoms with E-state index in [4.69, 9.17) is 0 Å². The fraction of sp³-hybridized carbons (Fsp3) is 0.348. The molecular weight excluding hydrogens is 367 g/mol. The van der Waals surface area contributed by atoms with Crippen molar-refractivity contribution in [2.45, 2.75) is 33.6 Å². The minimum atomic E-state index is -0.258.